The van der Waals surface area contributed by atoms with E-state index in [2.05, 4.69) is 5.32 Å². The molecule has 4 nitrogen and oxygen atoms in total. The van der Waals surface area contributed by atoms with Gasteiger partial charge in [-0.15, -0.1) is 11.3 Å². The van der Waals surface area contributed by atoms with Crippen molar-refractivity contribution in [3.8, 4) is 0 Å². The van der Waals surface area contributed by atoms with Crippen LogP contribution in [0.1, 0.15) is 40.2 Å². The fraction of sp³-hybridized carbons (Fsp3) is 0.333. The second-order valence-corrected chi connectivity index (χ2v) is 7.62. The number of hydrogen-bond donors (Lipinski definition) is 2. The van der Waals surface area contributed by atoms with Gasteiger partial charge in [0, 0.05) is 16.1 Å². The molecule has 0 unspecified atom stereocenters. The van der Waals surface area contributed by atoms with Crippen LogP contribution < -0.4 is 11.1 Å². The maximum absolute atomic E-state index is 13.5. The number of nitrogens with two attached hydrogens (primary N) is 1. The minimum absolute atomic E-state index is 0.0284. The Morgan fingerprint density at radius 2 is 1.68 bits per heavy atom. The first kappa shape index (κ1) is 21.8. The molecule has 0 saturated heterocycles. The summed E-state index contributed by atoms with van der Waals surface area (Å²) in [7, 11) is 0. The number of benzene rings is 1. The summed E-state index contributed by atoms with van der Waals surface area (Å²) in [6.45, 7) is 4.40. The average Bonchev–Trinajstić information content (AvgIpc) is 3.05. The van der Waals surface area contributed by atoms with E-state index >= 15 is 0 Å². The number of halogens is 5. The molecule has 0 atom stereocenters. The maximum atomic E-state index is 13.5. The van der Waals surface area contributed by atoms with Crippen LogP contribution in [0.3, 0.4) is 0 Å². The van der Waals surface area contributed by atoms with E-state index in [1.54, 1.807) is 19.2 Å². The van der Waals surface area contributed by atoms with Crippen LogP contribution in [0.15, 0.2) is 29.6 Å². The molecule has 2 aromatic rings. The molecule has 1 aromatic heterocycles. The molecule has 2 amide bonds. The zero-order chi connectivity index (χ0) is 21.5. The number of rotatable bonds is 5. The zero-order valence-corrected chi connectivity index (χ0v) is 15.9. The van der Waals surface area contributed by atoms with Crippen LogP contribution in [-0.4, -0.2) is 18.0 Å². The number of aryl methyl sites for hydroxylation is 1. The Bertz CT molecular complexity index is 919. The van der Waals surface area contributed by atoms with Gasteiger partial charge >= 0.3 is 12.1 Å². The number of alkyl halides is 5. The number of primary amides is 1. The van der Waals surface area contributed by atoms with E-state index in [1.807, 2.05) is 0 Å². The Kier molecular flexibility index (Phi) is 5.57. The van der Waals surface area contributed by atoms with Crippen molar-refractivity contribution in [1.29, 1.82) is 0 Å². The highest BCUT2D eigenvalue weighted by atomic mass is 32.1. The molecule has 0 aliphatic rings. The third-order valence-electron chi connectivity index (χ3n) is 4.29. The van der Waals surface area contributed by atoms with Gasteiger partial charge in [-0.1, -0.05) is 6.07 Å². The molecule has 1 heterocycles. The summed E-state index contributed by atoms with van der Waals surface area (Å²) in [5, 5.41) is 4.06. The van der Waals surface area contributed by atoms with E-state index in [4.69, 9.17) is 5.73 Å². The maximum Gasteiger partial charge on any atom is 0.458 e. The first-order valence-electron chi connectivity index (χ1n) is 7.94. The molecule has 1 aromatic carbocycles. The molecule has 0 aliphatic carbocycles. The van der Waals surface area contributed by atoms with E-state index in [1.165, 1.54) is 13.0 Å². The Morgan fingerprint density at radius 1 is 1.07 bits per heavy atom. The summed E-state index contributed by atoms with van der Waals surface area (Å²) in [5.41, 5.74) is 3.30. The van der Waals surface area contributed by atoms with Crippen LogP contribution in [0, 0.1) is 6.92 Å². The summed E-state index contributed by atoms with van der Waals surface area (Å²) >= 11 is 1.15. The quantitative estimate of drug-likeness (QED) is 0.687. The van der Waals surface area contributed by atoms with Crippen molar-refractivity contribution >= 4 is 28.8 Å². The molecule has 2 rings (SSSR count). The fourth-order valence-corrected chi connectivity index (χ4v) is 3.46. The second-order valence-electron chi connectivity index (χ2n) is 6.71. The van der Waals surface area contributed by atoms with Gasteiger partial charge in [-0.25, -0.2) is 0 Å². The summed E-state index contributed by atoms with van der Waals surface area (Å²) in [5.74, 6) is -6.28. The number of amides is 2. The van der Waals surface area contributed by atoms with Gasteiger partial charge in [-0.2, -0.15) is 22.0 Å². The average molecular weight is 420 g/mol. The molecule has 0 aliphatic heterocycles. The topological polar surface area (TPSA) is 72.2 Å². The smallest absolute Gasteiger partial charge is 0.369 e. The van der Waals surface area contributed by atoms with Gasteiger partial charge in [0.25, 0.3) is 5.91 Å². The van der Waals surface area contributed by atoms with Gasteiger partial charge in [0.1, 0.15) is 0 Å². The Labute approximate surface area is 161 Å². The summed E-state index contributed by atoms with van der Waals surface area (Å²) < 4.78 is 64.5. The number of thiophene rings is 1. The molecule has 10 heteroatoms. The lowest BCUT2D eigenvalue weighted by atomic mass is 9.88. The number of carbonyl (C=O) groups excluding carboxylic acids is 2. The molecule has 0 saturated carbocycles. The van der Waals surface area contributed by atoms with Gasteiger partial charge in [0.05, 0.1) is 11.0 Å². The largest absolute Gasteiger partial charge is 0.458 e. The summed E-state index contributed by atoms with van der Waals surface area (Å²) in [4.78, 5) is 24.6. The predicted octanol–water partition coefficient (Wildman–Crippen LogP) is 4.73. The molecular weight excluding hydrogens is 403 g/mol. The lowest BCUT2D eigenvalue weighted by molar-refractivity contribution is -0.289. The first-order chi connectivity index (χ1) is 12.7. The van der Waals surface area contributed by atoms with E-state index in [9.17, 15) is 31.5 Å². The number of hydrogen-bond acceptors (Lipinski definition) is 3. The van der Waals surface area contributed by atoms with E-state index in [-0.39, 0.29) is 16.8 Å². The molecule has 0 radical (unpaired) electrons. The van der Waals surface area contributed by atoms with Gasteiger partial charge in [-0.3, -0.25) is 9.59 Å². The van der Waals surface area contributed by atoms with Crippen molar-refractivity contribution < 1.29 is 31.5 Å². The van der Waals surface area contributed by atoms with Crippen molar-refractivity contribution in [3.63, 3.8) is 0 Å². The van der Waals surface area contributed by atoms with Crippen LogP contribution in [-0.2, 0) is 16.1 Å². The van der Waals surface area contributed by atoms with Crippen LogP contribution in [0.25, 0.3) is 0 Å². The van der Waals surface area contributed by atoms with Crippen LogP contribution in [0.4, 0.5) is 27.6 Å². The lowest BCUT2D eigenvalue weighted by Crippen LogP contribution is -2.36. The highest BCUT2D eigenvalue weighted by Gasteiger charge is 2.58. The number of anilines is 1. The SMILES string of the molecule is Cc1cc(C(F)(F)C(F)(F)F)ccc1NC(=O)c1ccsc1C(C)(C)C(N)=O. The van der Waals surface area contributed by atoms with Gasteiger partial charge in [0.2, 0.25) is 5.91 Å². The van der Waals surface area contributed by atoms with E-state index < -0.39 is 34.9 Å². The van der Waals surface area contributed by atoms with Crippen LogP contribution >= 0.6 is 11.3 Å². The molecular formula is C18H17F5N2O2S. The van der Waals surface area contributed by atoms with Gasteiger partial charge in [-0.05, 0) is 49.9 Å². The monoisotopic (exact) mass is 420 g/mol. The van der Waals surface area contributed by atoms with Gasteiger partial charge < -0.3 is 11.1 Å². The Morgan fingerprint density at radius 3 is 2.18 bits per heavy atom. The predicted molar refractivity (Wildman–Crippen MR) is 95.6 cm³/mol. The second kappa shape index (κ2) is 7.16. The normalized spacial score (nSPS) is 12.7. The zero-order valence-electron chi connectivity index (χ0n) is 15.1. The molecule has 0 spiro atoms. The molecule has 28 heavy (non-hydrogen) atoms. The minimum Gasteiger partial charge on any atom is -0.369 e. The minimum atomic E-state index is -5.73. The number of nitrogens with one attached hydrogen (secondary N) is 1. The molecule has 0 bridgehead atoms. The molecule has 3 N–H and O–H groups in total. The van der Waals surface area contributed by atoms with E-state index in [0.29, 0.717) is 17.0 Å². The fourth-order valence-electron chi connectivity index (χ4n) is 2.44. The van der Waals surface area contributed by atoms with Crippen LogP contribution in [0.5, 0.6) is 0 Å². The standard InChI is InChI=1S/C18H17F5N2O2S/c1-9-8-10(17(19,20)18(21,22)23)4-5-12(9)25-14(26)11-6-7-28-13(11)16(2,3)15(24)27/h4-8H,1-3H3,(H2,24,27)(H,25,26). The molecule has 152 valence electrons. The molecule has 0 fully saturated rings. The van der Waals surface area contributed by atoms with Crippen molar-refractivity contribution in [2.75, 3.05) is 5.32 Å². The first-order valence-corrected chi connectivity index (χ1v) is 8.82. The van der Waals surface area contributed by atoms with E-state index in [0.717, 1.165) is 17.4 Å². The highest BCUT2D eigenvalue weighted by Crippen LogP contribution is 2.44. The van der Waals surface area contributed by atoms with Crippen molar-refractivity contribution in [2.45, 2.75) is 38.3 Å². The highest BCUT2D eigenvalue weighted by molar-refractivity contribution is 7.10. The number of carbonyl (C=O) groups is 2. The lowest BCUT2D eigenvalue weighted by Gasteiger charge is -2.22. The van der Waals surface area contributed by atoms with Gasteiger partial charge in [0.15, 0.2) is 0 Å². The third kappa shape index (κ3) is 3.87. The summed E-state index contributed by atoms with van der Waals surface area (Å²) in [6.07, 6.45) is -5.73. The summed E-state index contributed by atoms with van der Waals surface area (Å²) in [6, 6.07) is 3.73. The van der Waals surface area contributed by atoms with Crippen molar-refractivity contribution in [3.05, 3.63) is 51.2 Å². The van der Waals surface area contributed by atoms with Crippen molar-refractivity contribution in [1.82, 2.24) is 0 Å². The van der Waals surface area contributed by atoms with Crippen molar-refractivity contribution in [2.24, 2.45) is 5.73 Å². The van der Waals surface area contributed by atoms with Crippen LogP contribution in [0.2, 0.25) is 0 Å². The third-order valence-corrected chi connectivity index (χ3v) is 5.52. The Hall–Kier alpha value is -2.49. The Balaban J connectivity index is 2.33.